The highest BCUT2D eigenvalue weighted by atomic mass is 16.5. The highest BCUT2D eigenvalue weighted by Gasteiger charge is 2.02. The summed E-state index contributed by atoms with van der Waals surface area (Å²) < 4.78 is 5.15. The minimum atomic E-state index is 0.797. The van der Waals surface area contributed by atoms with E-state index in [0.717, 1.165) is 23.7 Å². The molecule has 0 spiro atoms. The first-order valence-corrected chi connectivity index (χ1v) is 5.88. The van der Waals surface area contributed by atoms with Gasteiger partial charge >= 0.3 is 0 Å². The van der Waals surface area contributed by atoms with Gasteiger partial charge in [-0.05, 0) is 42.0 Å². The van der Waals surface area contributed by atoms with Gasteiger partial charge in [-0.15, -0.1) is 0 Å². The molecule has 94 valence electrons. The van der Waals surface area contributed by atoms with Gasteiger partial charge in [0.05, 0.1) is 7.11 Å². The normalized spacial score (nSPS) is 10.1. The Balaban J connectivity index is 2.06. The third kappa shape index (κ3) is 2.94. The van der Waals surface area contributed by atoms with Crippen molar-refractivity contribution in [1.82, 2.24) is 0 Å². The number of nitrogens with zero attached hydrogens (tertiary/aromatic N) is 1. The lowest BCUT2D eigenvalue weighted by molar-refractivity contribution is 0.415. The van der Waals surface area contributed by atoms with E-state index in [-0.39, 0.29) is 0 Å². The molecule has 0 saturated heterocycles. The molecule has 0 radical (unpaired) electrons. The number of ether oxygens (including phenoxy) is 1. The third-order valence-electron chi connectivity index (χ3n) is 2.91. The molecule has 0 aromatic heterocycles. The Labute approximate surface area is 108 Å². The van der Waals surface area contributed by atoms with Crippen LogP contribution in [-0.4, -0.2) is 14.2 Å². The largest absolute Gasteiger partial charge is 0.497 e. The zero-order chi connectivity index (χ0) is 13.0. The molecular formula is C15H18N2O. The summed E-state index contributed by atoms with van der Waals surface area (Å²) >= 11 is 0. The molecule has 18 heavy (non-hydrogen) atoms. The van der Waals surface area contributed by atoms with Crippen molar-refractivity contribution in [2.45, 2.75) is 6.54 Å². The Morgan fingerprint density at radius 1 is 1.00 bits per heavy atom. The maximum absolute atomic E-state index is 5.67. The number of anilines is 2. The van der Waals surface area contributed by atoms with Crippen molar-refractivity contribution in [2.24, 2.45) is 0 Å². The number of methoxy groups -OCH3 is 1. The van der Waals surface area contributed by atoms with Crippen molar-refractivity contribution in [3.63, 3.8) is 0 Å². The lowest BCUT2D eigenvalue weighted by Crippen LogP contribution is -2.16. The molecule has 3 nitrogen and oxygen atoms in total. The SMILES string of the molecule is COc1ccc(N(C)Cc2ccc(N)cc2)cc1. The Bertz CT molecular complexity index is 491. The summed E-state index contributed by atoms with van der Waals surface area (Å²) in [4.78, 5) is 2.19. The van der Waals surface area contributed by atoms with Gasteiger partial charge in [0, 0.05) is 25.0 Å². The van der Waals surface area contributed by atoms with Gasteiger partial charge in [0.1, 0.15) is 5.75 Å². The van der Waals surface area contributed by atoms with E-state index in [4.69, 9.17) is 10.5 Å². The van der Waals surface area contributed by atoms with Gasteiger partial charge < -0.3 is 15.4 Å². The summed E-state index contributed by atoms with van der Waals surface area (Å²) in [7, 11) is 3.74. The molecule has 2 aromatic carbocycles. The number of hydrogen-bond acceptors (Lipinski definition) is 3. The van der Waals surface area contributed by atoms with E-state index in [1.165, 1.54) is 5.56 Å². The maximum atomic E-state index is 5.67. The summed E-state index contributed by atoms with van der Waals surface area (Å²) in [6.07, 6.45) is 0. The van der Waals surface area contributed by atoms with E-state index in [2.05, 4.69) is 36.2 Å². The van der Waals surface area contributed by atoms with Gasteiger partial charge in [-0.25, -0.2) is 0 Å². The van der Waals surface area contributed by atoms with Crippen LogP contribution in [0.2, 0.25) is 0 Å². The second-order valence-corrected chi connectivity index (χ2v) is 4.30. The van der Waals surface area contributed by atoms with Crippen LogP contribution in [0.4, 0.5) is 11.4 Å². The van der Waals surface area contributed by atoms with Gasteiger partial charge in [0.15, 0.2) is 0 Å². The van der Waals surface area contributed by atoms with Gasteiger partial charge in [-0.3, -0.25) is 0 Å². The predicted molar refractivity (Wildman–Crippen MR) is 76.0 cm³/mol. The second-order valence-electron chi connectivity index (χ2n) is 4.30. The highest BCUT2D eigenvalue weighted by Crippen LogP contribution is 2.20. The standard InChI is InChI=1S/C15H18N2O/c1-17(11-12-3-5-13(16)6-4-12)14-7-9-15(18-2)10-8-14/h3-10H,11,16H2,1-2H3. The van der Waals surface area contributed by atoms with Crippen molar-refractivity contribution in [1.29, 1.82) is 0 Å². The second kappa shape index (κ2) is 5.45. The van der Waals surface area contributed by atoms with Crippen LogP contribution >= 0.6 is 0 Å². The zero-order valence-corrected chi connectivity index (χ0v) is 10.8. The fourth-order valence-corrected chi connectivity index (χ4v) is 1.82. The fraction of sp³-hybridized carbons (Fsp3) is 0.200. The van der Waals surface area contributed by atoms with E-state index in [0.29, 0.717) is 0 Å². The summed E-state index contributed by atoms with van der Waals surface area (Å²) in [5.41, 5.74) is 8.87. The molecule has 2 rings (SSSR count). The summed E-state index contributed by atoms with van der Waals surface area (Å²) in [5.74, 6) is 0.875. The lowest BCUT2D eigenvalue weighted by Gasteiger charge is -2.19. The van der Waals surface area contributed by atoms with Crippen LogP contribution in [0.25, 0.3) is 0 Å². The predicted octanol–water partition coefficient (Wildman–Crippen LogP) is 2.91. The Morgan fingerprint density at radius 2 is 1.61 bits per heavy atom. The average molecular weight is 242 g/mol. The van der Waals surface area contributed by atoms with Gasteiger partial charge in [0.25, 0.3) is 0 Å². The molecule has 0 aliphatic heterocycles. The van der Waals surface area contributed by atoms with E-state index in [1.807, 2.05) is 24.3 Å². The number of benzene rings is 2. The fourth-order valence-electron chi connectivity index (χ4n) is 1.82. The quantitative estimate of drug-likeness (QED) is 0.838. The molecule has 2 N–H and O–H groups in total. The number of rotatable bonds is 4. The minimum absolute atomic E-state index is 0.797. The maximum Gasteiger partial charge on any atom is 0.119 e. The summed E-state index contributed by atoms with van der Waals surface area (Å²) in [5, 5.41) is 0. The molecule has 0 heterocycles. The Hall–Kier alpha value is -2.16. The van der Waals surface area contributed by atoms with Gasteiger partial charge in [-0.1, -0.05) is 12.1 Å². The molecule has 0 atom stereocenters. The Kier molecular flexibility index (Phi) is 3.72. The number of nitrogen functional groups attached to an aromatic ring is 1. The van der Waals surface area contributed by atoms with Crippen molar-refractivity contribution in [3.05, 3.63) is 54.1 Å². The third-order valence-corrected chi connectivity index (χ3v) is 2.91. The van der Waals surface area contributed by atoms with Crippen molar-refractivity contribution in [3.8, 4) is 5.75 Å². The number of nitrogens with two attached hydrogens (primary N) is 1. The minimum Gasteiger partial charge on any atom is -0.497 e. The first-order valence-electron chi connectivity index (χ1n) is 5.88. The van der Waals surface area contributed by atoms with Crippen LogP contribution in [0.15, 0.2) is 48.5 Å². The van der Waals surface area contributed by atoms with Crippen LogP contribution in [0.5, 0.6) is 5.75 Å². The highest BCUT2D eigenvalue weighted by molar-refractivity contribution is 5.49. The molecule has 0 unspecified atom stereocenters. The van der Waals surface area contributed by atoms with Crippen molar-refractivity contribution < 1.29 is 4.74 Å². The van der Waals surface area contributed by atoms with Gasteiger partial charge in [0.2, 0.25) is 0 Å². The molecule has 0 amide bonds. The van der Waals surface area contributed by atoms with Crippen LogP contribution in [0.3, 0.4) is 0 Å². The zero-order valence-electron chi connectivity index (χ0n) is 10.8. The smallest absolute Gasteiger partial charge is 0.119 e. The monoisotopic (exact) mass is 242 g/mol. The lowest BCUT2D eigenvalue weighted by atomic mass is 10.2. The van der Waals surface area contributed by atoms with Crippen molar-refractivity contribution in [2.75, 3.05) is 24.8 Å². The molecule has 0 aliphatic carbocycles. The van der Waals surface area contributed by atoms with Gasteiger partial charge in [-0.2, -0.15) is 0 Å². The molecule has 0 aliphatic rings. The van der Waals surface area contributed by atoms with E-state index >= 15 is 0 Å². The molecular weight excluding hydrogens is 224 g/mol. The van der Waals surface area contributed by atoms with E-state index in [9.17, 15) is 0 Å². The first kappa shape index (κ1) is 12.3. The number of hydrogen-bond donors (Lipinski definition) is 1. The van der Waals surface area contributed by atoms with E-state index < -0.39 is 0 Å². The topological polar surface area (TPSA) is 38.5 Å². The van der Waals surface area contributed by atoms with E-state index in [1.54, 1.807) is 7.11 Å². The summed E-state index contributed by atoms with van der Waals surface area (Å²) in [6, 6.07) is 16.0. The van der Waals surface area contributed by atoms with Crippen LogP contribution in [0.1, 0.15) is 5.56 Å². The molecule has 2 aromatic rings. The Morgan fingerprint density at radius 3 is 2.17 bits per heavy atom. The van der Waals surface area contributed by atoms with Crippen LogP contribution < -0.4 is 15.4 Å². The molecule has 0 saturated carbocycles. The average Bonchev–Trinajstić information content (AvgIpc) is 2.41. The van der Waals surface area contributed by atoms with Crippen LogP contribution in [0, 0.1) is 0 Å². The molecule has 0 fully saturated rings. The molecule has 0 bridgehead atoms. The van der Waals surface area contributed by atoms with Crippen LogP contribution in [-0.2, 0) is 6.54 Å². The first-order chi connectivity index (χ1) is 8.69. The van der Waals surface area contributed by atoms with Crippen molar-refractivity contribution >= 4 is 11.4 Å². The summed E-state index contributed by atoms with van der Waals surface area (Å²) in [6.45, 7) is 0.854. The molecule has 3 heteroatoms.